The Morgan fingerprint density at radius 1 is 0.973 bits per heavy atom. The largest absolute Gasteiger partial charge is 0.489 e. The van der Waals surface area contributed by atoms with E-state index in [4.69, 9.17) is 14.2 Å². The Morgan fingerprint density at radius 2 is 1.68 bits per heavy atom. The van der Waals surface area contributed by atoms with Gasteiger partial charge in [-0.2, -0.15) is 0 Å². The van der Waals surface area contributed by atoms with Gasteiger partial charge in [-0.15, -0.1) is 0 Å². The summed E-state index contributed by atoms with van der Waals surface area (Å²) in [6.45, 7) is 0.635. The standard InChI is InChI=1S/C30H31NO6/c1-35-30(34)26-17-25-22(13-8-14-27(25)36-19-20-9-4-2-5-10-20)18-31(26)29(33)28(21-11-6-3-7-12-21)37-24-15-23(32)16-24/h2-14,23-24,26,28,32H,15-19H2,1H3/t23-,24+,26-,28?/m0/s1. The minimum atomic E-state index is -0.884. The Bertz CT molecular complexity index is 1230. The number of aliphatic hydroxyl groups excluding tert-OH is 1. The number of hydrogen-bond donors (Lipinski definition) is 1. The number of carbonyl (C=O) groups excluding carboxylic acids is 2. The lowest BCUT2D eigenvalue weighted by Gasteiger charge is -2.40. The molecule has 1 N–H and O–H groups in total. The molecule has 1 aliphatic carbocycles. The Kier molecular flexibility index (Phi) is 7.53. The van der Waals surface area contributed by atoms with Crippen molar-refractivity contribution in [2.75, 3.05) is 7.11 Å². The summed E-state index contributed by atoms with van der Waals surface area (Å²) in [6, 6.07) is 24.1. The van der Waals surface area contributed by atoms with Crippen LogP contribution in [0.1, 0.15) is 41.2 Å². The fraction of sp³-hybridized carbons (Fsp3) is 0.333. The van der Waals surface area contributed by atoms with Crippen LogP contribution in [0.5, 0.6) is 5.75 Å². The third-order valence-corrected chi connectivity index (χ3v) is 7.06. The molecule has 1 fully saturated rings. The zero-order valence-electron chi connectivity index (χ0n) is 20.8. The van der Waals surface area contributed by atoms with Crippen LogP contribution in [0.15, 0.2) is 78.9 Å². The molecule has 5 rings (SSSR count). The molecule has 3 aromatic carbocycles. The van der Waals surface area contributed by atoms with E-state index in [-0.39, 0.29) is 25.0 Å². The van der Waals surface area contributed by atoms with Gasteiger partial charge in [-0.3, -0.25) is 4.79 Å². The molecule has 1 aliphatic heterocycles. The molecule has 0 radical (unpaired) electrons. The van der Waals surface area contributed by atoms with Crippen molar-refractivity contribution in [3.63, 3.8) is 0 Å². The van der Waals surface area contributed by atoms with Gasteiger partial charge in [-0.25, -0.2) is 4.79 Å². The SMILES string of the molecule is COC(=O)[C@@H]1Cc2c(cccc2OCc2ccccc2)CN1C(=O)C(O[C@H]1C[C@@H](O)C1)c1ccccc1. The normalized spacial score (nSPS) is 21.4. The maximum Gasteiger partial charge on any atom is 0.328 e. The molecule has 192 valence electrons. The molecule has 3 aromatic rings. The van der Waals surface area contributed by atoms with Crippen LogP contribution < -0.4 is 4.74 Å². The summed E-state index contributed by atoms with van der Waals surface area (Å²) < 4.78 is 17.5. The second-order valence-corrected chi connectivity index (χ2v) is 9.55. The van der Waals surface area contributed by atoms with E-state index in [0.717, 1.165) is 16.7 Å². The van der Waals surface area contributed by atoms with Crippen LogP contribution in [-0.4, -0.2) is 47.2 Å². The van der Waals surface area contributed by atoms with Gasteiger partial charge >= 0.3 is 5.97 Å². The molecule has 2 aliphatic rings. The zero-order chi connectivity index (χ0) is 25.8. The van der Waals surface area contributed by atoms with E-state index >= 15 is 0 Å². The van der Waals surface area contributed by atoms with Crippen molar-refractivity contribution in [1.82, 2.24) is 4.90 Å². The highest BCUT2D eigenvalue weighted by atomic mass is 16.5. The molecule has 0 saturated heterocycles. The Morgan fingerprint density at radius 3 is 2.35 bits per heavy atom. The molecule has 1 saturated carbocycles. The first-order valence-corrected chi connectivity index (χ1v) is 12.6. The third-order valence-electron chi connectivity index (χ3n) is 7.06. The molecule has 0 bridgehead atoms. The second-order valence-electron chi connectivity index (χ2n) is 9.55. The molecule has 2 atom stereocenters. The first-order valence-electron chi connectivity index (χ1n) is 12.6. The number of fused-ring (bicyclic) bond motifs is 1. The van der Waals surface area contributed by atoms with E-state index in [1.54, 1.807) is 4.90 Å². The second kappa shape index (κ2) is 11.2. The summed E-state index contributed by atoms with van der Waals surface area (Å²) in [5, 5.41) is 9.74. The summed E-state index contributed by atoms with van der Waals surface area (Å²) in [5.74, 6) is -0.0892. The third kappa shape index (κ3) is 5.53. The lowest BCUT2D eigenvalue weighted by Crippen LogP contribution is -2.51. The topological polar surface area (TPSA) is 85.3 Å². The van der Waals surface area contributed by atoms with Gasteiger partial charge in [0, 0.05) is 18.5 Å². The first kappa shape index (κ1) is 25.0. The summed E-state index contributed by atoms with van der Waals surface area (Å²) in [6.07, 6.45) is -0.247. The quantitative estimate of drug-likeness (QED) is 0.470. The van der Waals surface area contributed by atoms with Gasteiger partial charge in [-0.05, 0) is 35.6 Å². The molecule has 0 spiro atoms. The van der Waals surface area contributed by atoms with Gasteiger partial charge in [0.05, 0.1) is 19.3 Å². The van der Waals surface area contributed by atoms with Crippen molar-refractivity contribution in [1.29, 1.82) is 0 Å². The number of esters is 1. The molecule has 1 heterocycles. The van der Waals surface area contributed by atoms with Gasteiger partial charge < -0.3 is 24.2 Å². The number of benzene rings is 3. The van der Waals surface area contributed by atoms with Crippen molar-refractivity contribution < 1.29 is 28.9 Å². The van der Waals surface area contributed by atoms with Crippen molar-refractivity contribution >= 4 is 11.9 Å². The van der Waals surface area contributed by atoms with Gasteiger partial charge in [0.1, 0.15) is 18.4 Å². The fourth-order valence-corrected chi connectivity index (χ4v) is 4.94. The number of rotatable bonds is 8. The van der Waals surface area contributed by atoms with Crippen molar-refractivity contribution in [3.05, 3.63) is 101 Å². The molecule has 7 nitrogen and oxygen atoms in total. The predicted molar refractivity (Wildman–Crippen MR) is 137 cm³/mol. The summed E-state index contributed by atoms with van der Waals surface area (Å²) in [7, 11) is 1.33. The molecule has 1 amide bonds. The van der Waals surface area contributed by atoms with E-state index in [0.29, 0.717) is 30.8 Å². The first-order chi connectivity index (χ1) is 18.0. The number of methoxy groups -OCH3 is 1. The zero-order valence-corrected chi connectivity index (χ0v) is 20.8. The monoisotopic (exact) mass is 501 g/mol. The molecule has 37 heavy (non-hydrogen) atoms. The maximum absolute atomic E-state index is 14.0. The number of hydrogen-bond acceptors (Lipinski definition) is 6. The Hall–Kier alpha value is -3.68. The highest BCUT2D eigenvalue weighted by Crippen LogP contribution is 2.36. The van der Waals surface area contributed by atoms with E-state index in [1.165, 1.54) is 7.11 Å². The van der Waals surface area contributed by atoms with E-state index in [1.807, 2.05) is 78.9 Å². The van der Waals surface area contributed by atoms with Crippen LogP contribution in [-0.2, 0) is 38.6 Å². The number of nitrogens with zero attached hydrogens (tertiary/aromatic N) is 1. The molecular weight excluding hydrogens is 470 g/mol. The molecule has 0 aromatic heterocycles. The van der Waals surface area contributed by atoms with Gasteiger partial charge in [0.2, 0.25) is 0 Å². The van der Waals surface area contributed by atoms with Crippen LogP contribution >= 0.6 is 0 Å². The van der Waals surface area contributed by atoms with Crippen LogP contribution in [0.25, 0.3) is 0 Å². The lowest BCUT2D eigenvalue weighted by atomic mass is 9.90. The van der Waals surface area contributed by atoms with E-state index in [9.17, 15) is 14.7 Å². The van der Waals surface area contributed by atoms with Crippen LogP contribution in [0.2, 0.25) is 0 Å². The van der Waals surface area contributed by atoms with Crippen molar-refractivity contribution in [2.45, 2.75) is 56.8 Å². The summed E-state index contributed by atoms with van der Waals surface area (Å²) in [4.78, 5) is 28.5. The van der Waals surface area contributed by atoms with Crippen molar-refractivity contribution in [2.24, 2.45) is 0 Å². The van der Waals surface area contributed by atoms with Gasteiger partial charge in [0.15, 0.2) is 6.10 Å². The Balaban J connectivity index is 1.42. The maximum atomic E-state index is 14.0. The average Bonchev–Trinajstić information content (AvgIpc) is 2.93. The van der Waals surface area contributed by atoms with Crippen LogP contribution in [0.3, 0.4) is 0 Å². The van der Waals surface area contributed by atoms with Gasteiger partial charge in [-0.1, -0.05) is 72.8 Å². The molecule has 7 heteroatoms. The Labute approximate surface area is 216 Å². The average molecular weight is 502 g/mol. The van der Waals surface area contributed by atoms with Crippen LogP contribution in [0.4, 0.5) is 0 Å². The highest BCUT2D eigenvalue weighted by Gasteiger charge is 2.42. The lowest BCUT2D eigenvalue weighted by molar-refractivity contribution is -0.168. The number of aliphatic hydroxyl groups is 1. The van der Waals surface area contributed by atoms with Crippen molar-refractivity contribution in [3.8, 4) is 5.75 Å². The summed E-state index contributed by atoms with van der Waals surface area (Å²) >= 11 is 0. The molecular formula is C30H31NO6. The number of carbonyl (C=O) groups is 2. The fourth-order valence-electron chi connectivity index (χ4n) is 4.94. The molecule has 1 unspecified atom stereocenters. The highest BCUT2D eigenvalue weighted by molar-refractivity contribution is 5.88. The minimum absolute atomic E-state index is 0.212. The summed E-state index contributed by atoms with van der Waals surface area (Å²) in [5.41, 5.74) is 3.58. The van der Waals surface area contributed by atoms with E-state index in [2.05, 4.69) is 0 Å². The smallest absolute Gasteiger partial charge is 0.328 e. The minimum Gasteiger partial charge on any atom is -0.489 e. The van der Waals surface area contributed by atoms with Gasteiger partial charge in [0.25, 0.3) is 5.91 Å². The number of ether oxygens (including phenoxy) is 3. The predicted octanol–water partition coefficient (Wildman–Crippen LogP) is 3.97. The van der Waals surface area contributed by atoms with E-state index < -0.39 is 24.2 Å². The number of amides is 1. The van der Waals surface area contributed by atoms with Crippen LogP contribution in [0, 0.1) is 0 Å².